The maximum absolute atomic E-state index is 12.9. The van der Waals surface area contributed by atoms with Crippen molar-refractivity contribution in [2.24, 2.45) is 5.92 Å². The Morgan fingerprint density at radius 1 is 1.27 bits per heavy atom. The minimum absolute atomic E-state index is 0.0252. The molecule has 1 aromatic rings. The normalized spacial score (nSPS) is 22.7. The number of hydrogen-bond acceptors (Lipinski definition) is 3. The van der Waals surface area contributed by atoms with Gasteiger partial charge < -0.3 is 10.2 Å². The third-order valence-electron chi connectivity index (χ3n) is 5.47. The van der Waals surface area contributed by atoms with Gasteiger partial charge in [0, 0.05) is 12.6 Å². The Balaban J connectivity index is 1.73. The van der Waals surface area contributed by atoms with E-state index in [0.717, 1.165) is 23.3 Å². The Morgan fingerprint density at radius 3 is 2.46 bits per heavy atom. The zero-order valence-electron chi connectivity index (χ0n) is 15.7. The van der Waals surface area contributed by atoms with E-state index >= 15 is 0 Å². The Morgan fingerprint density at radius 2 is 1.92 bits per heavy atom. The standard InChI is InChI=1S/C20H27N3O3/c1-4-20(16-10-11-16)18(25)23(19(26)21-20)13-17(24)22(14(2)3)12-15-8-6-5-7-9-15/h5-9,14,16H,4,10-13H2,1-3H3,(H,21,26). The smallest absolute Gasteiger partial charge is 0.325 e. The van der Waals surface area contributed by atoms with Gasteiger partial charge in [-0.15, -0.1) is 0 Å². The lowest BCUT2D eigenvalue weighted by Gasteiger charge is -2.29. The van der Waals surface area contributed by atoms with E-state index in [4.69, 9.17) is 0 Å². The van der Waals surface area contributed by atoms with Gasteiger partial charge in [-0.1, -0.05) is 37.3 Å². The van der Waals surface area contributed by atoms with Gasteiger partial charge in [-0.05, 0) is 44.6 Å². The van der Waals surface area contributed by atoms with Gasteiger partial charge >= 0.3 is 6.03 Å². The first-order valence-electron chi connectivity index (χ1n) is 9.36. The number of carbonyl (C=O) groups is 3. The molecule has 26 heavy (non-hydrogen) atoms. The lowest BCUT2D eigenvalue weighted by atomic mass is 9.90. The van der Waals surface area contributed by atoms with Crippen LogP contribution in [-0.2, 0) is 16.1 Å². The fourth-order valence-corrected chi connectivity index (χ4v) is 3.73. The summed E-state index contributed by atoms with van der Waals surface area (Å²) in [5, 5.41) is 2.87. The van der Waals surface area contributed by atoms with Crippen molar-refractivity contribution in [1.82, 2.24) is 15.1 Å². The number of urea groups is 1. The first-order chi connectivity index (χ1) is 12.4. The largest absolute Gasteiger partial charge is 0.334 e. The number of amides is 4. The Bertz CT molecular complexity index is 700. The summed E-state index contributed by atoms with van der Waals surface area (Å²) in [6, 6.07) is 9.25. The molecule has 2 aliphatic rings. The molecule has 2 fully saturated rings. The van der Waals surface area contributed by atoms with Crippen molar-refractivity contribution >= 4 is 17.8 Å². The van der Waals surface area contributed by atoms with Crippen molar-refractivity contribution in [1.29, 1.82) is 0 Å². The Kier molecular flexibility index (Phi) is 5.03. The van der Waals surface area contributed by atoms with Crippen molar-refractivity contribution in [3.8, 4) is 0 Å². The summed E-state index contributed by atoms with van der Waals surface area (Å²) in [5.41, 5.74) is 0.215. The van der Waals surface area contributed by atoms with Gasteiger partial charge in [0.05, 0.1) is 0 Å². The molecule has 4 amide bonds. The van der Waals surface area contributed by atoms with Crippen LogP contribution in [0.5, 0.6) is 0 Å². The SMILES string of the molecule is CCC1(C2CC2)NC(=O)N(CC(=O)N(Cc2ccccc2)C(C)C)C1=O. The van der Waals surface area contributed by atoms with E-state index in [0.29, 0.717) is 13.0 Å². The van der Waals surface area contributed by atoms with Gasteiger partial charge in [0.25, 0.3) is 5.91 Å². The van der Waals surface area contributed by atoms with Gasteiger partial charge in [-0.2, -0.15) is 0 Å². The van der Waals surface area contributed by atoms with Crippen LogP contribution in [0.25, 0.3) is 0 Å². The lowest BCUT2D eigenvalue weighted by Crippen LogP contribution is -2.49. The molecule has 0 bridgehead atoms. The van der Waals surface area contributed by atoms with E-state index in [2.05, 4.69) is 5.32 Å². The van der Waals surface area contributed by atoms with Crippen LogP contribution in [0.1, 0.15) is 45.6 Å². The van der Waals surface area contributed by atoms with Gasteiger partial charge in [0.1, 0.15) is 12.1 Å². The van der Waals surface area contributed by atoms with Crippen molar-refractivity contribution in [3.05, 3.63) is 35.9 Å². The van der Waals surface area contributed by atoms with E-state index in [9.17, 15) is 14.4 Å². The first kappa shape index (κ1) is 18.4. The molecule has 1 saturated heterocycles. The zero-order chi connectivity index (χ0) is 18.9. The van der Waals surface area contributed by atoms with Crippen LogP contribution in [0.4, 0.5) is 4.79 Å². The zero-order valence-corrected chi connectivity index (χ0v) is 15.7. The highest BCUT2D eigenvalue weighted by molar-refractivity contribution is 6.09. The second kappa shape index (κ2) is 7.09. The van der Waals surface area contributed by atoms with Crippen LogP contribution in [0.15, 0.2) is 30.3 Å². The Hall–Kier alpha value is -2.37. The topological polar surface area (TPSA) is 69.7 Å². The van der Waals surface area contributed by atoms with E-state index in [1.165, 1.54) is 0 Å². The molecule has 140 valence electrons. The van der Waals surface area contributed by atoms with Crippen LogP contribution in [-0.4, -0.2) is 45.8 Å². The maximum Gasteiger partial charge on any atom is 0.325 e. The van der Waals surface area contributed by atoms with Crippen LogP contribution < -0.4 is 5.32 Å². The summed E-state index contributed by atoms with van der Waals surface area (Å²) >= 11 is 0. The molecule has 1 aromatic carbocycles. The molecule has 1 atom stereocenters. The molecule has 1 unspecified atom stereocenters. The van der Waals surface area contributed by atoms with Crippen LogP contribution >= 0.6 is 0 Å². The highest BCUT2D eigenvalue weighted by atomic mass is 16.2. The van der Waals surface area contributed by atoms with Gasteiger partial charge in [-0.3, -0.25) is 14.5 Å². The molecular weight excluding hydrogens is 330 g/mol. The molecule has 0 radical (unpaired) electrons. The number of imide groups is 1. The lowest BCUT2D eigenvalue weighted by molar-refractivity contribution is -0.140. The molecule has 6 nitrogen and oxygen atoms in total. The molecule has 3 rings (SSSR count). The number of hydrogen-bond donors (Lipinski definition) is 1. The fourth-order valence-electron chi connectivity index (χ4n) is 3.73. The molecule has 1 saturated carbocycles. The third-order valence-corrected chi connectivity index (χ3v) is 5.47. The molecule has 0 spiro atoms. The van der Waals surface area contributed by atoms with Crippen molar-refractivity contribution in [2.75, 3.05) is 6.54 Å². The summed E-state index contributed by atoms with van der Waals surface area (Å²) in [6.07, 6.45) is 2.46. The molecule has 6 heteroatoms. The maximum atomic E-state index is 12.9. The third kappa shape index (κ3) is 3.32. The van der Waals surface area contributed by atoms with Gasteiger partial charge in [-0.25, -0.2) is 4.79 Å². The number of nitrogens with zero attached hydrogens (tertiary/aromatic N) is 2. The van der Waals surface area contributed by atoms with Crippen molar-refractivity contribution in [2.45, 2.75) is 58.2 Å². The number of rotatable bonds is 7. The van der Waals surface area contributed by atoms with E-state index < -0.39 is 11.6 Å². The predicted molar refractivity (Wildman–Crippen MR) is 98.1 cm³/mol. The quantitative estimate of drug-likeness (QED) is 0.763. The van der Waals surface area contributed by atoms with E-state index in [1.54, 1.807) is 4.90 Å². The molecule has 0 aromatic heterocycles. The summed E-state index contributed by atoms with van der Waals surface area (Å²) in [4.78, 5) is 41.0. The van der Waals surface area contributed by atoms with E-state index in [1.807, 2.05) is 51.1 Å². The number of carbonyl (C=O) groups excluding carboxylic acids is 3. The monoisotopic (exact) mass is 357 g/mol. The minimum Gasteiger partial charge on any atom is -0.334 e. The highest BCUT2D eigenvalue weighted by Gasteiger charge is 2.58. The van der Waals surface area contributed by atoms with Crippen LogP contribution in [0, 0.1) is 5.92 Å². The van der Waals surface area contributed by atoms with Crippen LogP contribution in [0.2, 0.25) is 0 Å². The number of benzene rings is 1. The van der Waals surface area contributed by atoms with Gasteiger partial charge in [0.2, 0.25) is 5.91 Å². The summed E-state index contributed by atoms with van der Waals surface area (Å²) in [7, 11) is 0. The summed E-state index contributed by atoms with van der Waals surface area (Å²) in [6.45, 7) is 6.05. The molecule has 1 aliphatic carbocycles. The van der Waals surface area contributed by atoms with Crippen LogP contribution in [0.3, 0.4) is 0 Å². The average molecular weight is 357 g/mol. The molecule has 1 heterocycles. The second-order valence-electron chi connectivity index (χ2n) is 7.52. The minimum atomic E-state index is -0.806. The summed E-state index contributed by atoms with van der Waals surface area (Å²) < 4.78 is 0. The second-order valence-corrected chi connectivity index (χ2v) is 7.52. The highest BCUT2D eigenvalue weighted by Crippen LogP contribution is 2.44. The Labute approximate surface area is 154 Å². The fraction of sp³-hybridized carbons (Fsp3) is 0.550. The average Bonchev–Trinajstić information content (AvgIpc) is 3.44. The van der Waals surface area contributed by atoms with E-state index in [-0.39, 0.29) is 30.3 Å². The van der Waals surface area contributed by atoms with Crippen molar-refractivity contribution < 1.29 is 14.4 Å². The molecular formula is C20H27N3O3. The predicted octanol–water partition coefficient (Wildman–Crippen LogP) is 2.53. The van der Waals surface area contributed by atoms with Crippen molar-refractivity contribution in [3.63, 3.8) is 0 Å². The number of nitrogens with one attached hydrogen (secondary N) is 1. The van der Waals surface area contributed by atoms with Gasteiger partial charge in [0.15, 0.2) is 0 Å². The summed E-state index contributed by atoms with van der Waals surface area (Å²) in [5.74, 6) is -0.256. The molecule has 1 aliphatic heterocycles. The first-order valence-corrected chi connectivity index (χ1v) is 9.36. The molecule has 1 N–H and O–H groups in total.